The number of phenolic OH excluding ortho intramolecular Hbond substituents is 1. The van der Waals surface area contributed by atoms with E-state index in [4.69, 9.17) is 4.74 Å². The van der Waals surface area contributed by atoms with Crippen LogP contribution in [0.4, 0.5) is 0 Å². The second kappa shape index (κ2) is 6.83. The smallest absolute Gasteiger partial charge is 0.272 e. The van der Waals surface area contributed by atoms with E-state index in [0.717, 1.165) is 35.2 Å². The lowest BCUT2D eigenvalue weighted by atomic mass is 10.1. The Hall–Kier alpha value is -2.51. The fourth-order valence-corrected chi connectivity index (χ4v) is 5.69. The highest BCUT2D eigenvalue weighted by Crippen LogP contribution is 2.36. The van der Waals surface area contributed by atoms with Gasteiger partial charge in [0.05, 0.1) is 12.6 Å². The van der Waals surface area contributed by atoms with Gasteiger partial charge in [-0.05, 0) is 63.2 Å². The van der Waals surface area contributed by atoms with E-state index in [1.807, 2.05) is 25.1 Å². The summed E-state index contributed by atoms with van der Waals surface area (Å²) >= 11 is 0. The Kier molecular flexibility index (Phi) is 4.59. The molecule has 0 aliphatic carbocycles. The maximum absolute atomic E-state index is 13.7. The summed E-state index contributed by atoms with van der Waals surface area (Å²) < 4.78 is 34.0. The van der Waals surface area contributed by atoms with E-state index in [1.54, 1.807) is 6.07 Å². The molecule has 0 atom stereocenters. The topological polar surface area (TPSA) is 71.8 Å². The largest absolute Gasteiger partial charge is 0.507 e. The number of hydrogen-bond donors (Lipinski definition) is 1. The Labute approximate surface area is 165 Å². The van der Waals surface area contributed by atoms with Crippen molar-refractivity contribution in [1.29, 1.82) is 0 Å². The van der Waals surface area contributed by atoms with Crippen LogP contribution in [0.3, 0.4) is 0 Å². The van der Waals surface area contributed by atoms with E-state index >= 15 is 0 Å². The molecule has 6 nitrogen and oxygen atoms in total. The standard InChI is InChI=1S/C21H24N2O4S/c1-14-6-8-19-16(11-14)17-13-22(2)10-4-5-18(17)23(19)28(25,26)21-12-15(27-3)7-9-20(21)24/h6-9,11-12,24H,4-5,10,13H2,1-3H3. The molecule has 1 aliphatic heterocycles. The van der Waals surface area contributed by atoms with Gasteiger partial charge in [0.25, 0.3) is 10.0 Å². The van der Waals surface area contributed by atoms with Gasteiger partial charge in [-0.2, -0.15) is 0 Å². The number of fused-ring (bicyclic) bond motifs is 3. The molecule has 28 heavy (non-hydrogen) atoms. The molecular formula is C21H24N2O4S. The number of benzene rings is 2. The lowest BCUT2D eigenvalue weighted by Crippen LogP contribution is -2.17. The first-order valence-corrected chi connectivity index (χ1v) is 10.7. The number of aromatic hydroxyl groups is 1. The van der Waals surface area contributed by atoms with Gasteiger partial charge in [-0.25, -0.2) is 12.4 Å². The molecular weight excluding hydrogens is 376 g/mol. The molecule has 0 saturated heterocycles. The maximum Gasteiger partial charge on any atom is 0.272 e. The van der Waals surface area contributed by atoms with E-state index in [0.29, 0.717) is 24.2 Å². The van der Waals surface area contributed by atoms with E-state index in [2.05, 4.69) is 11.9 Å². The van der Waals surface area contributed by atoms with Gasteiger partial charge in [-0.15, -0.1) is 0 Å². The molecule has 0 radical (unpaired) electrons. The summed E-state index contributed by atoms with van der Waals surface area (Å²) in [5, 5.41) is 11.3. The predicted molar refractivity (Wildman–Crippen MR) is 109 cm³/mol. The molecule has 0 unspecified atom stereocenters. The Morgan fingerprint density at radius 3 is 2.68 bits per heavy atom. The number of aryl methyl sites for hydroxylation is 1. The van der Waals surface area contributed by atoms with Crippen LogP contribution in [0.1, 0.15) is 23.2 Å². The van der Waals surface area contributed by atoms with Crippen molar-refractivity contribution in [3.05, 3.63) is 53.2 Å². The minimum atomic E-state index is -4.01. The van der Waals surface area contributed by atoms with Crippen molar-refractivity contribution in [2.45, 2.75) is 31.2 Å². The van der Waals surface area contributed by atoms with Gasteiger partial charge in [0, 0.05) is 23.7 Å². The van der Waals surface area contributed by atoms with Crippen molar-refractivity contribution in [2.75, 3.05) is 20.7 Å². The summed E-state index contributed by atoms with van der Waals surface area (Å²) in [7, 11) is -0.483. The number of methoxy groups -OCH3 is 1. The molecule has 7 heteroatoms. The van der Waals surface area contributed by atoms with Crippen molar-refractivity contribution >= 4 is 20.9 Å². The average Bonchev–Trinajstić information content (AvgIpc) is 2.82. The van der Waals surface area contributed by atoms with Crippen LogP contribution in [0, 0.1) is 6.92 Å². The summed E-state index contributed by atoms with van der Waals surface area (Å²) in [6.07, 6.45) is 1.54. The quantitative estimate of drug-likeness (QED) is 0.731. The van der Waals surface area contributed by atoms with Gasteiger partial charge < -0.3 is 14.7 Å². The normalized spacial score (nSPS) is 15.4. The average molecular weight is 401 g/mol. The van der Waals surface area contributed by atoms with E-state index in [1.165, 1.54) is 23.2 Å². The molecule has 0 saturated carbocycles. The Bertz CT molecular complexity index is 1160. The molecule has 1 aromatic heterocycles. The third-order valence-corrected chi connectivity index (χ3v) is 7.14. The minimum Gasteiger partial charge on any atom is -0.507 e. The Morgan fingerprint density at radius 2 is 1.93 bits per heavy atom. The molecule has 1 aliphatic rings. The van der Waals surface area contributed by atoms with Crippen LogP contribution in [-0.2, 0) is 23.0 Å². The van der Waals surface area contributed by atoms with Crippen molar-refractivity contribution in [2.24, 2.45) is 0 Å². The summed E-state index contributed by atoms with van der Waals surface area (Å²) in [4.78, 5) is 2.07. The van der Waals surface area contributed by atoms with Crippen molar-refractivity contribution in [1.82, 2.24) is 8.87 Å². The highest BCUT2D eigenvalue weighted by atomic mass is 32.2. The third kappa shape index (κ3) is 2.95. The van der Waals surface area contributed by atoms with Crippen LogP contribution >= 0.6 is 0 Å². The molecule has 2 aromatic carbocycles. The lowest BCUT2D eigenvalue weighted by molar-refractivity contribution is 0.333. The Balaban J connectivity index is 2.05. The van der Waals surface area contributed by atoms with Gasteiger partial charge in [-0.3, -0.25) is 0 Å². The molecule has 0 spiro atoms. The number of rotatable bonds is 3. The number of phenols is 1. The highest BCUT2D eigenvalue weighted by Gasteiger charge is 2.30. The van der Waals surface area contributed by atoms with Crippen LogP contribution in [0.25, 0.3) is 10.9 Å². The summed E-state index contributed by atoms with van der Waals surface area (Å²) in [6, 6.07) is 10.1. The Morgan fingerprint density at radius 1 is 1.14 bits per heavy atom. The van der Waals surface area contributed by atoms with Gasteiger partial charge >= 0.3 is 0 Å². The van der Waals surface area contributed by atoms with Crippen LogP contribution in [0.15, 0.2) is 41.3 Å². The minimum absolute atomic E-state index is 0.148. The van der Waals surface area contributed by atoms with E-state index < -0.39 is 10.0 Å². The fourth-order valence-electron chi connectivity index (χ4n) is 3.99. The lowest BCUT2D eigenvalue weighted by Gasteiger charge is -2.14. The fraction of sp³-hybridized carbons (Fsp3) is 0.333. The molecule has 148 valence electrons. The second-order valence-corrected chi connectivity index (χ2v) is 9.15. The number of hydrogen-bond acceptors (Lipinski definition) is 5. The summed E-state index contributed by atoms with van der Waals surface area (Å²) in [5.74, 6) is 0.101. The molecule has 2 heterocycles. The summed E-state index contributed by atoms with van der Waals surface area (Å²) in [6.45, 7) is 3.61. The van der Waals surface area contributed by atoms with Crippen LogP contribution < -0.4 is 4.74 Å². The third-order valence-electron chi connectivity index (χ3n) is 5.36. The number of ether oxygens (including phenoxy) is 1. The first-order chi connectivity index (χ1) is 13.3. The van der Waals surface area contributed by atoms with Gasteiger partial charge in [0.1, 0.15) is 16.4 Å². The SMILES string of the molecule is COc1ccc(O)c(S(=O)(=O)n2c3c(c4cc(C)ccc42)CN(C)CCC3)c1. The van der Waals surface area contributed by atoms with Crippen molar-refractivity contribution in [3.63, 3.8) is 0 Å². The van der Waals surface area contributed by atoms with Crippen LogP contribution in [0.2, 0.25) is 0 Å². The molecule has 4 rings (SSSR count). The molecule has 0 bridgehead atoms. The number of aromatic nitrogens is 1. The number of nitrogens with zero attached hydrogens (tertiary/aromatic N) is 2. The van der Waals surface area contributed by atoms with Gasteiger partial charge in [0.2, 0.25) is 0 Å². The molecule has 3 aromatic rings. The first kappa shape index (κ1) is 18.8. The zero-order valence-corrected chi connectivity index (χ0v) is 17.1. The van der Waals surface area contributed by atoms with Crippen molar-refractivity contribution in [3.8, 4) is 11.5 Å². The predicted octanol–water partition coefficient (Wildman–Crippen LogP) is 3.28. The second-order valence-electron chi connectivity index (χ2n) is 7.39. The van der Waals surface area contributed by atoms with Gasteiger partial charge in [-0.1, -0.05) is 11.6 Å². The van der Waals surface area contributed by atoms with Gasteiger partial charge in [0.15, 0.2) is 0 Å². The summed E-state index contributed by atoms with van der Waals surface area (Å²) in [5.41, 5.74) is 3.57. The molecule has 0 amide bonds. The molecule has 0 fully saturated rings. The zero-order valence-electron chi connectivity index (χ0n) is 16.3. The zero-order chi connectivity index (χ0) is 20.1. The first-order valence-electron chi connectivity index (χ1n) is 9.27. The van der Waals surface area contributed by atoms with Crippen molar-refractivity contribution < 1.29 is 18.3 Å². The van der Waals surface area contributed by atoms with E-state index in [-0.39, 0.29) is 10.6 Å². The molecule has 1 N–H and O–H groups in total. The van der Waals surface area contributed by atoms with E-state index in [9.17, 15) is 13.5 Å². The highest BCUT2D eigenvalue weighted by molar-refractivity contribution is 7.90. The van der Waals surface area contributed by atoms with Crippen LogP contribution in [0.5, 0.6) is 11.5 Å². The monoisotopic (exact) mass is 400 g/mol. The van der Waals surface area contributed by atoms with Crippen LogP contribution in [-0.4, -0.2) is 43.1 Å². The maximum atomic E-state index is 13.7.